The van der Waals surface area contributed by atoms with Gasteiger partial charge in [0, 0.05) is 24.3 Å². The third kappa shape index (κ3) is 7.82. The zero-order valence-electron chi connectivity index (χ0n) is 13.5. The first kappa shape index (κ1) is 18.5. The van der Waals surface area contributed by atoms with Crippen molar-refractivity contribution >= 4 is 11.6 Å². The monoisotopic (exact) mass is 278 g/mol. The number of nitrogens with one attached hydrogen (secondary N) is 2. The fourth-order valence-electron chi connectivity index (χ4n) is 1.80. The molecule has 0 bridgehead atoms. The summed E-state index contributed by atoms with van der Waals surface area (Å²) < 4.78 is 0. The number of hydrogen-bond acceptors (Lipinski definition) is 2. The molecule has 0 heterocycles. The van der Waals surface area contributed by atoms with Gasteiger partial charge in [-0.2, -0.15) is 0 Å². The molecule has 0 radical (unpaired) electrons. The summed E-state index contributed by atoms with van der Waals surface area (Å²) >= 11 is 0. The second kappa shape index (κ2) is 12.5. The highest BCUT2D eigenvalue weighted by atomic mass is 16.1. The zero-order valence-corrected chi connectivity index (χ0v) is 13.5. The fourth-order valence-corrected chi connectivity index (χ4v) is 1.80. The molecule has 0 fully saturated rings. The van der Waals surface area contributed by atoms with Crippen LogP contribution in [0.25, 0.3) is 0 Å². The fraction of sp³-hybridized carbons (Fsp3) is 0.588. The first-order valence-electron chi connectivity index (χ1n) is 7.90. The number of carbonyl (C=O) groups is 1. The van der Waals surface area contributed by atoms with Crippen LogP contribution in [0.3, 0.4) is 0 Å². The Bertz CT molecular complexity index is 347. The third-order valence-electron chi connectivity index (χ3n) is 2.84. The molecule has 3 nitrogen and oxygen atoms in total. The van der Waals surface area contributed by atoms with Crippen LogP contribution in [-0.4, -0.2) is 19.0 Å². The molecule has 1 aromatic rings. The largest absolute Gasteiger partial charge is 0.385 e. The van der Waals surface area contributed by atoms with Gasteiger partial charge in [0.2, 0.25) is 0 Å². The lowest BCUT2D eigenvalue weighted by molar-refractivity contribution is 0.0953. The molecule has 0 aromatic heterocycles. The minimum Gasteiger partial charge on any atom is -0.385 e. The topological polar surface area (TPSA) is 41.1 Å². The summed E-state index contributed by atoms with van der Waals surface area (Å²) in [6.07, 6.45) is 4.72. The Morgan fingerprint density at radius 1 is 1.00 bits per heavy atom. The lowest BCUT2D eigenvalue weighted by Gasteiger charge is -2.06. The van der Waals surface area contributed by atoms with Gasteiger partial charge in [-0.1, -0.05) is 40.0 Å². The van der Waals surface area contributed by atoms with Gasteiger partial charge in [0.05, 0.1) is 0 Å². The van der Waals surface area contributed by atoms with Gasteiger partial charge in [-0.3, -0.25) is 4.79 Å². The standard InChI is InChI=1S/C15H24N2O.C2H6/c1-3-5-6-7-12-17-15(18)13-8-10-14(11-9-13)16-4-2;1-2/h8-11,16H,3-7,12H2,1-2H3,(H,17,18);1-2H3. The minimum atomic E-state index is 0.0227. The lowest BCUT2D eigenvalue weighted by atomic mass is 10.1. The molecular weight excluding hydrogens is 248 g/mol. The second-order valence-electron chi connectivity index (χ2n) is 4.42. The Balaban J connectivity index is 0.00000172. The van der Waals surface area contributed by atoms with Gasteiger partial charge < -0.3 is 10.6 Å². The van der Waals surface area contributed by atoms with E-state index in [2.05, 4.69) is 24.5 Å². The quantitative estimate of drug-likeness (QED) is 0.690. The third-order valence-corrected chi connectivity index (χ3v) is 2.84. The molecule has 0 spiro atoms. The number of benzene rings is 1. The molecule has 2 N–H and O–H groups in total. The predicted molar refractivity (Wildman–Crippen MR) is 88.4 cm³/mol. The van der Waals surface area contributed by atoms with Crippen LogP contribution in [0.2, 0.25) is 0 Å². The van der Waals surface area contributed by atoms with Crippen molar-refractivity contribution in [2.45, 2.75) is 53.4 Å². The highest BCUT2D eigenvalue weighted by Gasteiger charge is 2.03. The molecule has 0 aliphatic carbocycles. The van der Waals surface area contributed by atoms with Gasteiger partial charge in [-0.05, 0) is 37.6 Å². The van der Waals surface area contributed by atoms with Crippen molar-refractivity contribution in [2.24, 2.45) is 0 Å². The average molecular weight is 278 g/mol. The summed E-state index contributed by atoms with van der Waals surface area (Å²) in [6, 6.07) is 7.60. The van der Waals surface area contributed by atoms with E-state index in [-0.39, 0.29) is 5.91 Å². The van der Waals surface area contributed by atoms with Crippen molar-refractivity contribution in [3.8, 4) is 0 Å². The van der Waals surface area contributed by atoms with E-state index in [0.717, 1.165) is 30.8 Å². The van der Waals surface area contributed by atoms with Crippen LogP contribution in [0.4, 0.5) is 5.69 Å². The van der Waals surface area contributed by atoms with Crippen LogP contribution in [0, 0.1) is 0 Å². The maximum atomic E-state index is 11.8. The maximum absolute atomic E-state index is 11.8. The summed E-state index contributed by atoms with van der Waals surface area (Å²) in [5, 5.41) is 6.16. The molecule has 0 aliphatic rings. The van der Waals surface area contributed by atoms with E-state index < -0.39 is 0 Å². The molecule has 0 atom stereocenters. The van der Waals surface area contributed by atoms with Crippen LogP contribution in [0.5, 0.6) is 0 Å². The lowest BCUT2D eigenvalue weighted by Crippen LogP contribution is -2.24. The summed E-state index contributed by atoms with van der Waals surface area (Å²) in [7, 11) is 0. The second-order valence-corrected chi connectivity index (χ2v) is 4.42. The number of rotatable bonds is 8. The van der Waals surface area contributed by atoms with E-state index in [1.54, 1.807) is 0 Å². The van der Waals surface area contributed by atoms with E-state index in [9.17, 15) is 4.79 Å². The highest BCUT2D eigenvalue weighted by Crippen LogP contribution is 2.09. The van der Waals surface area contributed by atoms with Gasteiger partial charge in [0.1, 0.15) is 0 Å². The molecule has 1 rings (SSSR count). The van der Waals surface area contributed by atoms with Crippen LogP contribution >= 0.6 is 0 Å². The molecule has 0 saturated carbocycles. The van der Waals surface area contributed by atoms with E-state index in [1.807, 2.05) is 38.1 Å². The minimum absolute atomic E-state index is 0.0227. The Morgan fingerprint density at radius 2 is 1.65 bits per heavy atom. The van der Waals surface area contributed by atoms with Crippen LogP contribution < -0.4 is 10.6 Å². The van der Waals surface area contributed by atoms with E-state index in [1.165, 1.54) is 19.3 Å². The SMILES string of the molecule is CC.CCCCCCNC(=O)c1ccc(NCC)cc1. The van der Waals surface area contributed by atoms with Crippen molar-refractivity contribution in [1.29, 1.82) is 0 Å². The Labute approximate surface area is 124 Å². The number of hydrogen-bond donors (Lipinski definition) is 2. The summed E-state index contributed by atoms with van der Waals surface area (Å²) in [6.45, 7) is 9.90. The van der Waals surface area contributed by atoms with Crippen molar-refractivity contribution < 1.29 is 4.79 Å². The van der Waals surface area contributed by atoms with Crippen LogP contribution in [0.15, 0.2) is 24.3 Å². The number of anilines is 1. The van der Waals surface area contributed by atoms with Gasteiger partial charge >= 0.3 is 0 Å². The smallest absolute Gasteiger partial charge is 0.251 e. The summed E-state index contributed by atoms with van der Waals surface area (Å²) in [5.74, 6) is 0.0227. The number of amides is 1. The normalized spacial score (nSPS) is 9.40. The van der Waals surface area contributed by atoms with Crippen LogP contribution in [-0.2, 0) is 0 Å². The molecular formula is C17H30N2O. The first-order valence-corrected chi connectivity index (χ1v) is 7.90. The number of unbranched alkanes of at least 4 members (excludes halogenated alkanes) is 3. The molecule has 1 amide bonds. The molecule has 0 unspecified atom stereocenters. The van der Waals surface area contributed by atoms with Crippen molar-refractivity contribution in [3.05, 3.63) is 29.8 Å². The Kier molecular flexibility index (Phi) is 11.6. The summed E-state index contributed by atoms with van der Waals surface area (Å²) in [4.78, 5) is 11.8. The van der Waals surface area contributed by atoms with E-state index >= 15 is 0 Å². The zero-order chi connectivity index (χ0) is 15.2. The first-order chi connectivity index (χ1) is 9.77. The Morgan fingerprint density at radius 3 is 2.20 bits per heavy atom. The molecule has 1 aromatic carbocycles. The molecule has 3 heteroatoms. The van der Waals surface area contributed by atoms with E-state index in [4.69, 9.17) is 0 Å². The summed E-state index contributed by atoms with van der Waals surface area (Å²) in [5.41, 5.74) is 1.78. The average Bonchev–Trinajstić information content (AvgIpc) is 2.50. The predicted octanol–water partition coefficient (Wildman–Crippen LogP) is 4.45. The van der Waals surface area contributed by atoms with Gasteiger partial charge in [-0.15, -0.1) is 0 Å². The molecule has 0 saturated heterocycles. The number of carbonyl (C=O) groups excluding carboxylic acids is 1. The molecule has 0 aliphatic heterocycles. The van der Waals surface area contributed by atoms with Crippen molar-refractivity contribution in [3.63, 3.8) is 0 Å². The van der Waals surface area contributed by atoms with Gasteiger partial charge in [0.15, 0.2) is 0 Å². The van der Waals surface area contributed by atoms with Crippen molar-refractivity contribution in [1.82, 2.24) is 5.32 Å². The molecule has 114 valence electrons. The Hall–Kier alpha value is -1.51. The molecule has 20 heavy (non-hydrogen) atoms. The van der Waals surface area contributed by atoms with Gasteiger partial charge in [-0.25, -0.2) is 0 Å². The van der Waals surface area contributed by atoms with Gasteiger partial charge in [0.25, 0.3) is 5.91 Å². The van der Waals surface area contributed by atoms with Crippen molar-refractivity contribution in [2.75, 3.05) is 18.4 Å². The van der Waals surface area contributed by atoms with E-state index in [0.29, 0.717) is 0 Å². The van der Waals surface area contributed by atoms with Crippen LogP contribution in [0.1, 0.15) is 63.7 Å². The highest BCUT2D eigenvalue weighted by molar-refractivity contribution is 5.94. The maximum Gasteiger partial charge on any atom is 0.251 e.